The van der Waals surface area contributed by atoms with Crippen molar-refractivity contribution in [3.8, 4) is 5.75 Å². The van der Waals surface area contributed by atoms with Gasteiger partial charge in [-0.15, -0.1) is 0 Å². The Morgan fingerprint density at radius 2 is 2.12 bits per heavy atom. The van der Waals surface area contributed by atoms with E-state index >= 15 is 0 Å². The van der Waals surface area contributed by atoms with E-state index in [1.54, 1.807) is 14.0 Å². The molecule has 0 aliphatic heterocycles. The van der Waals surface area contributed by atoms with Crippen molar-refractivity contribution in [1.29, 1.82) is 0 Å². The summed E-state index contributed by atoms with van der Waals surface area (Å²) in [5.74, 6) is 0.444. The highest BCUT2D eigenvalue weighted by Crippen LogP contribution is 2.30. The van der Waals surface area contributed by atoms with Gasteiger partial charge in [-0.05, 0) is 24.6 Å². The first kappa shape index (κ1) is 14.5. The molecule has 0 unspecified atom stereocenters. The first-order valence-corrected chi connectivity index (χ1v) is 7.10. The number of benzene rings is 1. The van der Waals surface area contributed by atoms with Gasteiger partial charge in [0.25, 0.3) is 0 Å². The van der Waals surface area contributed by atoms with Crippen LogP contribution in [0.2, 0.25) is 0 Å². The summed E-state index contributed by atoms with van der Waals surface area (Å²) in [5.41, 5.74) is 1.90. The summed E-state index contributed by atoms with van der Waals surface area (Å²) in [6.45, 7) is 2.18. The zero-order valence-corrected chi connectivity index (χ0v) is 12.9. The first-order valence-electron chi connectivity index (χ1n) is 5.19. The van der Waals surface area contributed by atoms with Crippen LogP contribution in [0, 0.1) is 0 Å². The lowest BCUT2D eigenvalue weighted by Crippen LogP contribution is -2.09. The van der Waals surface area contributed by atoms with E-state index in [1.165, 1.54) is 0 Å². The summed E-state index contributed by atoms with van der Waals surface area (Å²) in [4.78, 5) is 11.5. The molecule has 1 aromatic rings. The van der Waals surface area contributed by atoms with Crippen molar-refractivity contribution in [3.63, 3.8) is 0 Å². The summed E-state index contributed by atoms with van der Waals surface area (Å²) in [7, 11) is 1.59. The van der Waals surface area contributed by atoms with E-state index in [1.807, 2.05) is 12.1 Å². The Morgan fingerprint density at radius 1 is 1.41 bits per heavy atom. The standard InChI is InChI=1S/C12H14Br2O3/c1-3-17-12(15)6-9-10(14)4-8(7-13)5-11(9)16-2/h4-5H,3,6-7H2,1-2H3. The van der Waals surface area contributed by atoms with Gasteiger partial charge in [0.2, 0.25) is 0 Å². The Labute approximate surface area is 118 Å². The van der Waals surface area contributed by atoms with Crippen molar-refractivity contribution in [1.82, 2.24) is 0 Å². The molecule has 94 valence electrons. The Kier molecular flexibility index (Phi) is 5.98. The van der Waals surface area contributed by atoms with E-state index < -0.39 is 0 Å². The monoisotopic (exact) mass is 364 g/mol. The minimum atomic E-state index is -0.252. The van der Waals surface area contributed by atoms with Crippen LogP contribution in [0.1, 0.15) is 18.1 Å². The predicted molar refractivity (Wildman–Crippen MR) is 73.7 cm³/mol. The minimum Gasteiger partial charge on any atom is -0.496 e. The number of hydrogen-bond acceptors (Lipinski definition) is 3. The molecule has 0 N–H and O–H groups in total. The first-order chi connectivity index (χ1) is 8.12. The molecule has 0 fully saturated rings. The van der Waals surface area contributed by atoms with Crippen molar-refractivity contribution < 1.29 is 14.3 Å². The zero-order chi connectivity index (χ0) is 12.8. The number of rotatable bonds is 5. The van der Waals surface area contributed by atoms with Gasteiger partial charge in [-0.1, -0.05) is 31.9 Å². The van der Waals surface area contributed by atoms with Crippen molar-refractivity contribution >= 4 is 37.8 Å². The summed E-state index contributed by atoms with van der Waals surface area (Å²) in [6, 6.07) is 3.87. The average molecular weight is 366 g/mol. The predicted octanol–water partition coefficient (Wildman–Crippen LogP) is 3.46. The highest BCUT2D eigenvalue weighted by Gasteiger charge is 2.14. The maximum absolute atomic E-state index is 11.5. The maximum Gasteiger partial charge on any atom is 0.310 e. The lowest BCUT2D eigenvalue weighted by Gasteiger charge is -2.12. The van der Waals surface area contributed by atoms with Crippen LogP contribution in [-0.2, 0) is 21.3 Å². The zero-order valence-electron chi connectivity index (χ0n) is 9.76. The molecule has 0 spiro atoms. The second-order valence-corrected chi connectivity index (χ2v) is 4.79. The van der Waals surface area contributed by atoms with E-state index in [-0.39, 0.29) is 12.4 Å². The Balaban J connectivity index is 3.01. The van der Waals surface area contributed by atoms with Gasteiger partial charge in [-0.3, -0.25) is 4.79 Å². The SMILES string of the molecule is CCOC(=O)Cc1c(Br)cc(CBr)cc1OC. The second kappa shape index (κ2) is 7.01. The smallest absolute Gasteiger partial charge is 0.310 e. The Morgan fingerprint density at radius 3 is 2.65 bits per heavy atom. The maximum atomic E-state index is 11.5. The Bertz CT molecular complexity index is 405. The quantitative estimate of drug-likeness (QED) is 0.592. The largest absolute Gasteiger partial charge is 0.496 e. The fraction of sp³-hybridized carbons (Fsp3) is 0.417. The fourth-order valence-corrected chi connectivity index (χ4v) is 2.41. The fourth-order valence-electron chi connectivity index (χ4n) is 1.45. The van der Waals surface area contributed by atoms with Gasteiger partial charge in [0.15, 0.2) is 0 Å². The van der Waals surface area contributed by atoms with Crippen molar-refractivity contribution in [2.75, 3.05) is 13.7 Å². The summed E-state index contributed by atoms with van der Waals surface area (Å²) < 4.78 is 11.1. The van der Waals surface area contributed by atoms with E-state index in [2.05, 4.69) is 31.9 Å². The van der Waals surface area contributed by atoms with Crippen LogP contribution in [0.5, 0.6) is 5.75 Å². The molecule has 0 heterocycles. The molecule has 0 aromatic heterocycles. The molecule has 0 saturated carbocycles. The van der Waals surface area contributed by atoms with Crippen molar-refractivity contribution in [2.24, 2.45) is 0 Å². The van der Waals surface area contributed by atoms with E-state index in [0.29, 0.717) is 12.4 Å². The lowest BCUT2D eigenvalue weighted by atomic mass is 10.1. The number of halogens is 2. The normalized spacial score (nSPS) is 10.1. The number of carbonyl (C=O) groups is 1. The number of carbonyl (C=O) groups excluding carboxylic acids is 1. The van der Waals surface area contributed by atoms with Crippen LogP contribution in [0.4, 0.5) is 0 Å². The lowest BCUT2D eigenvalue weighted by molar-refractivity contribution is -0.142. The van der Waals surface area contributed by atoms with E-state index in [4.69, 9.17) is 9.47 Å². The van der Waals surface area contributed by atoms with Gasteiger partial charge in [-0.2, -0.15) is 0 Å². The molecule has 0 saturated heterocycles. The number of methoxy groups -OCH3 is 1. The minimum absolute atomic E-state index is 0.208. The molecule has 17 heavy (non-hydrogen) atoms. The van der Waals surface area contributed by atoms with Gasteiger partial charge in [0, 0.05) is 15.4 Å². The third-order valence-electron chi connectivity index (χ3n) is 2.21. The van der Waals surface area contributed by atoms with Crippen LogP contribution in [-0.4, -0.2) is 19.7 Å². The topological polar surface area (TPSA) is 35.5 Å². The molecule has 0 aliphatic rings. The number of esters is 1. The molecule has 5 heteroatoms. The van der Waals surface area contributed by atoms with Gasteiger partial charge >= 0.3 is 5.97 Å². The molecule has 1 rings (SSSR count). The van der Waals surface area contributed by atoms with Crippen LogP contribution < -0.4 is 4.74 Å². The second-order valence-electron chi connectivity index (χ2n) is 3.37. The summed E-state index contributed by atoms with van der Waals surface area (Å²) in [6.07, 6.45) is 0.208. The third kappa shape index (κ3) is 4.00. The van der Waals surface area contributed by atoms with Crippen LogP contribution in [0.3, 0.4) is 0 Å². The average Bonchev–Trinajstić information content (AvgIpc) is 2.31. The molecule has 0 radical (unpaired) electrons. The van der Waals surface area contributed by atoms with Gasteiger partial charge in [0.05, 0.1) is 20.1 Å². The highest BCUT2D eigenvalue weighted by atomic mass is 79.9. The van der Waals surface area contributed by atoms with Gasteiger partial charge in [-0.25, -0.2) is 0 Å². The number of hydrogen-bond donors (Lipinski definition) is 0. The van der Waals surface area contributed by atoms with Crippen LogP contribution >= 0.6 is 31.9 Å². The molecule has 0 amide bonds. The summed E-state index contributed by atoms with van der Waals surface area (Å²) in [5, 5.41) is 0.738. The van der Waals surface area contributed by atoms with Gasteiger partial charge in [0.1, 0.15) is 5.75 Å². The third-order valence-corrected chi connectivity index (χ3v) is 3.57. The van der Waals surface area contributed by atoms with Crippen LogP contribution in [0.15, 0.2) is 16.6 Å². The van der Waals surface area contributed by atoms with E-state index in [0.717, 1.165) is 20.9 Å². The van der Waals surface area contributed by atoms with E-state index in [9.17, 15) is 4.79 Å². The molecular formula is C12H14Br2O3. The molecular weight excluding hydrogens is 352 g/mol. The summed E-state index contributed by atoms with van der Waals surface area (Å²) >= 11 is 6.84. The van der Waals surface area contributed by atoms with Gasteiger partial charge < -0.3 is 9.47 Å². The number of ether oxygens (including phenoxy) is 2. The molecule has 3 nitrogen and oxygen atoms in total. The molecule has 1 aromatic carbocycles. The van der Waals surface area contributed by atoms with Crippen LogP contribution in [0.25, 0.3) is 0 Å². The Hall–Kier alpha value is -0.550. The molecule has 0 aliphatic carbocycles. The number of alkyl halides is 1. The highest BCUT2D eigenvalue weighted by molar-refractivity contribution is 9.10. The van der Waals surface area contributed by atoms with Crippen molar-refractivity contribution in [2.45, 2.75) is 18.7 Å². The molecule has 0 bridgehead atoms. The van der Waals surface area contributed by atoms with Crippen molar-refractivity contribution in [3.05, 3.63) is 27.7 Å². The molecule has 0 atom stereocenters.